The summed E-state index contributed by atoms with van der Waals surface area (Å²) in [6, 6.07) is 7.31. The third kappa shape index (κ3) is 2.67. The van der Waals surface area contributed by atoms with Gasteiger partial charge < -0.3 is 10.6 Å². The van der Waals surface area contributed by atoms with Gasteiger partial charge in [0.05, 0.1) is 5.69 Å². The van der Waals surface area contributed by atoms with Crippen LogP contribution in [0.2, 0.25) is 0 Å². The van der Waals surface area contributed by atoms with Gasteiger partial charge in [-0.25, -0.2) is 0 Å². The standard InChI is InChI=1S/C15H24N2S/c1-11(10-16)17-7-8-18-14-9-12(15(2,3)4)5-6-13(14)17/h5-6,9,11H,7-8,10,16H2,1-4H3. The van der Waals surface area contributed by atoms with E-state index in [2.05, 4.69) is 50.8 Å². The van der Waals surface area contributed by atoms with Crippen LogP contribution in [-0.2, 0) is 5.41 Å². The fourth-order valence-corrected chi connectivity index (χ4v) is 3.34. The van der Waals surface area contributed by atoms with Gasteiger partial charge in [-0.2, -0.15) is 0 Å². The maximum Gasteiger partial charge on any atom is 0.0507 e. The Morgan fingerprint density at radius 2 is 2.11 bits per heavy atom. The van der Waals surface area contributed by atoms with Crippen molar-refractivity contribution >= 4 is 17.4 Å². The lowest BCUT2D eigenvalue weighted by molar-refractivity contribution is 0.587. The summed E-state index contributed by atoms with van der Waals surface area (Å²) in [5.74, 6) is 1.16. The molecule has 3 heteroatoms. The van der Waals surface area contributed by atoms with Crippen LogP contribution in [0.1, 0.15) is 33.3 Å². The molecule has 1 unspecified atom stereocenters. The Morgan fingerprint density at radius 1 is 1.39 bits per heavy atom. The van der Waals surface area contributed by atoms with Crippen molar-refractivity contribution in [2.75, 3.05) is 23.7 Å². The molecule has 100 valence electrons. The van der Waals surface area contributed by atoms with Crippen molar-refractivity contribution in [2.45, 2.75) is 44.0 Å². The largest absolute Gasteiger partial charge is 0.366 e. The van der Waals surface area contributed by atoms with E-state index in [-0.39, 0.29) is 5.41 Å². The number of nitrogens with two attached hydrogens (primary N) is 1. The summed E-state index contributed by atoms with van der Waals surface area (Å²) in [6.45, 7) is 10.8. The summed E-state index contributed by atoms with van der Waals surface area (Å²) in [7, 11) is 0. The second-order valence-corrected chi connectivity index (χ2v) is 7.20. The summed E-state index contributed by atoms with van der Waals surface area (Å²) < 4.78 is 0. The Hall–Kier alpha value is -0.670. The van der Waals surface area contributed by atoms with Gasteiger partial charge in [-0.3, -0.25) is 0 Å². The maximum atomic E-state index is 5.81. The molecule has 1 heterocycles. The molecule has 0 aromatic heterocycles. The Morgan fingerprint density at radius 3 is 2.72 bits per heavy atom. The topological polar surface area (TPSA) is 29.3 Å². The summed E-state index contributed by atoms with van der Waals surface area (Å²) in [5, 5.41) is 0. The zero-order valence-corrected chi connectivity index (χ0v) is 12.7. The number of rotatable bonds is 2. The van der Waals surface area contributed by atoms with Gasteiger partial charge in [0.15, 0.2) is 0 Å². The molecule has 1 aromatic carbocycles. The van der Waals surface area contributed by atoms with E-state index in [0.717, 1.165) is 12.3 Å². The van der Waals surface area contributed by atoms with Crippen LogP contribution in [0.15, 0.2) is 23.1 Å². The van der Waals surface area contributed by atoms with E-state index in [0.29, 0.717) is 12.6 Å². The van der Waals surface area contributed by atoms with E-state index < -0.39 is 0 Å². The van der Waals surface area contributed by atoms with Crippen molar-refractivity contribution in [1.82, 2.24) is 0 Å². The van der Waals surface area contributed by atoms with Crippen LogP contribution in [0.4, 0.5) is 5.69 Å². The lowest BCUT2D eigenvalue weighted by Crippen LogP contribution is -2.41. The van der Waals surface area contributed by atoms with Crippen molar-refractivity contribution in [3.8, 4) is 0 Å². The van der Waals surface area contributed by atoms with Gasteiger partial charge in [0, 0.05) is 29.8 Å². The van der Waals surface area contributed by atoms with Crippen molar-refractivity contribution in [3.05, 3.63) is 23.8 Å². The van der Waals surface area contributed by atoms with Gasteiger partial charge in [0.25, 0.3) is 0 Å². The number of thioether (sulfide) groups is 1. The first kappa shape index (κ1) is 13.8. The monoisotopic (exact) mass is 264 g/mol. The highest BCUT2D eigenvalue weighted by Crippen LogP contribution is 2.38. The molecule has 18 heavy (non-hydrogen) atoms. The lowest BCUT2D eigenvalue weighted by atomic mass is 9.87. The van der Waals surface area contributed by atoms with Gasteiger partial charge >= 0.3 is 0 Å². The Bertz CT molecular complexity index is 423. The van der Waals surface area contributed by atoms with E-state index in [1.807, 2.05) is 11.8 Å². The van der Waals surface area contributed by atoms with E-state index >= 15 is 0 Å². The molecule has 0 radical (unpaired) electrons. The quantitative estimate of drug-likeness (QED) is 0.889. The molecule has 0 aliphatic carbocycles. The number of hydrogen-bond acceptors (Lipinski definition) is 3. The third-order valence-corrected chi connectivity index (χ3v) is 4.62. The van der Waals surface area contributed by atoms with Gasteiger partial charge in [-0.05, 0) is 30.0 Å². The minimum atomic E-state index is 0.220. The van der Waals surface area contributed by atoms with Crippen molar-refractivity contribution < 1.29 is 0 Å². The molecule has 2 N–H and O–H groups in total. The lowest BCUT2D eigenvalue weighted by Gasteiger charge is -2.36. The van der Waals surface area contributed by atoms with Gasteiger partial charge in [-0.15, -0.1) is 11.8 Å². The Kier molecular flexibility index (Phi) is 3.93. The molecule has 0 saturated heterocycles. The summed E-state index contributed by atoms with van der Waals surface area (Å²) in [4.78, 5) is 3.85. The number of nitrogens with zero attached hydrogens (tertiary/aromatic N) is 1. The van der Waals surface area contributed by atoms with Crippen LogP contribution in [-0.4, -0.2) is 24.9 Å². The van der Waals surface area contributed by atoms with E-state index in [9.17, 15) is 0 Å². The van der Waals surface area contributed by atoms with Crippen molar-refractivity contribution in [1.29, 1.82) is 0 Å². The molecule has 0 spiro atoms. The molecular weight excluding hydrogens is 240 g/mol. The number of fused-ring (bicyclic) bond motifs is 1. The average Bonchev–Trinajstić information content (AvgIpc) is 2.35. The van der Waals surface area contributed by atoms with Crippen molar-refractivity contribution in [2.24, 2.45) is 5.73 Å². The molecule has 1 atom stereocenters. The molecule has 0 amide bonds. The van der Waals surface area contributed by atoms with Crippen LogP contribution in [0.5, 0.6) is 0 Å². The SMILES string of the molecule is CC(CN)N1CCSc2cc(C(C)(C)C)ccc21. The smallest absolute Gasteiger partial charge is 0.0507 e. The molecule has 1 aliphatic heterocycles. The molecule has 0 bridgehead atoms. The van der Waals surface area contributed by atoms with E-state index in [1.54, 1.807) is 0 Å². The van der Waals surface area contributed by atoms with E-state index in [4.69, 9.17) is 5.73 Å². The molecular formula is C15H24N2S. The van der Waals surface area contributed by atoms with Crippen LogP contribution in [0.25, 0.3) is 0 Å². The fraction of sp³-hybridized carbons (Fsp3) is 0.600. The highest BCUT2D eigenvalue weighted by Gasteiger charge is 2.23. The van der Waals surface area contributed by atoms with Gasteiger partial charge in [-0.1, -0.05) is 26.8 Å². The summed E-state index contributed by atoms with van der Waals surface area (Å²) in [6.07, 6.45) is 0. The summed E-state index contributed by atoms with van der Waals surface area (Å²) >= 11 is 1.97. The van der Waals surface area contributed by atoms with Crippen LogP contribution in [0.3, 0.4) is 0 Å². The van der Waals surface area contributed by atoms with E-state index in [1.165, 1.54) is 16.1 Å². The minimum absolute atomic E-state index is 0.220. The predicted octanol–water partition coefficient (Wildman–Crippen LogP) is 3.24. The minimum Gasteiger partial charge on any atom is -0.366 e. The first-order valence-corrected chi connectivity index (χ1v) is 7.66. The number of anilines is 1. The maximum absolute atomic E-state index is 5.81. The predicted molar refractivity (Wildman–Crippen MR) is 81.7 cm³/mol. The second-order valence-electron chi connectivity index (χ2n) is 6.06. The van der Waals surface area contributed by atoms with Crippen molar-refractivity contribution in [3.63, 3.8) is 0 Å². The molecule has 0 saturated carbocycles. The van der Waals surface area contributed by atoms with Gasteiger partial charge in [0.1, 0.15) is 0 Å². The molecule has 0 fully saturated rings. The fourth-order valence-electron chi connectivity index (χ4n) is 2.29. The second kappa shape index (κ2) is 5.14. The number of benzene rings is 1. The third-order valence-electron chi connectivity index (χ3n) is 3.60. The van der Waals surface area contributed by atoms with Gasteiger partial charge in [0.2, 0.25) is 0 Å². The highest BCUT2D eigenvalue weighted by molar-refractivity contribution is 7.99. The molecule has 1 aliphatic rings. The molecule has 2 rings (SSSR count). The molecule has 2 nitrogen and oxygen atoms in total. The zero-order chi connectivity index (χ0) is 13.3. The first-order chi connectivity index (χ1) is 8.43. The Balaban J connectivity index is 2.36. The normalized spacial score (nSPS) is 17.5. The summed E-state index contributed by atoms with van der Waals surface area (Å²) in [5.41, 5.74) is 8.80. The highest BCUT2D eigenvalue weighted by atomic mass is 32.2. The van der Waals surface area contributed by atoms with Crippen LogP contribution in [0, 0.1) is 0 Å². The average molecular weight is 264 g/mol. The van der Waals surface area contributed by atoms with Crippen LogP contribution < -0.4 is 10.6 Å². The Labute approximate surface area is 115 Å². The zero-order valence-electron chi connectivity index (χ0n) is 11.9. The first-order valence-electron chi connectivity index (χ1n) is 6.67. The number of hydrogen-bond donors (Lipinski definition) is 1. The molecule has 1 aromatic rings. The van der Waals surface area contributed by atoms with Crippen LogP contribution >= 0.6 is 11.8 Å².